The maximum absolute atomic E-state index is 4.61. The number of rotatable bonds is 5. The van der Waals surface area contributed by atoms with E-state index < -0.39 is 0 Å². The first-order valence-electron chi connectivity index (χ1n) is 8.31. The van der Waals surface area contributed by atoms with Crippen molar-refractivity contribution in [3.05, 3.63) is 10.6 Å². The lowest BCUT2D eigenvalue weighted by Gasteiger charge is -2.56. The summed E-state index contributed by atoms with van der Waals surface area (Å²) in [5.74, 6) is 2.96. The zero-order chi connectivity index (χ0) is 13.6. The first-order chi connectivity index (χ1) is 9.79. The SMILES string of the molecule is CCCNCc1snnc1C12CC3CC(CC(C3)C1)C2. The summed E-state index contributed by atoms with van der Waals surface area (Å²) in [6.45, 7) is 4.29. The Labute approximate surface area is 125 Å². The Morgan fingerprint density at radius 3 is 2.40 bits per heavy atom. The van der Waals surface area contributed by atoms with Crippen LogP contribution in [0.3, 0.4) is 0 Å². The third kappa shape index (κ3) is 2.12. The molecular weight excluding hydrogens is 266 g/mol. The molecule has 4 fully saturated rings. The molecule has 1 N–H and O–H groups in total. The summed E-state index contributed by atoms with van der Waals surface area (Å²) < 4.78 is 4.31. The molecular formula is C16H25N3S. The smallest absolute Gasteiger partial charge is 0.0862 e. The summed E-state index contributed by atoms with van der Waals surface area (Å²) in [6.07, 6.45) is 9.88. The van der Waals surface area contributed by atoms with E-state index in [1.165, 1.54) is 55.5 Å². The largest absolute Gasteiger partial charge is 0.312 e. The Morgan fingerprint density at radius 1 is 1.15 bits per heavy atom. The molecule has 0 unspecified atom stereocenters. The third-order valence-electron chi connectivity index (χ3n) is 5.81. The first-order valence-corrected chi connectivity index (χ1v) is 9.09. The molecule has 0 saturated heterocycles. The van der Waals surface area contributed by atoms with Crippen molar-refractivity contribution in [1.29, 1.82) is 0 Å². The standard InChI is InChI=1S/C16H25N3S/c1-2-3-17-10-14-15(18-19-20-14)16-7-11-4-12(8-16)6-13(5-11)9-16/h11-13,17H,2-10H2,1H3. The second kappa shape index (κ2) is 5.06. The minimum atomic E-state index is 0.408. The Balaban J connectivity index is 1.59. The molecule has 20 heavy (non-hydrogen) atoms. The molecule has 4 aliphatic carbocycles. The average Bonchev–Trinajstić information content (AvgIpc) is 2.86. The number of hydrogen-bond donors (Lipinski definition) is 1. The maximum Gasteiger partial charge on any atom is 0.0862 e. The van der Waals surface area contributed by atoms with E-state index in [9.17, 15) is 0 Å². The van der Waals surface area contributed by atoms with Crippen LogP contribution in [0.5, 0.6) is 0 Å². The predicted octanol–water partition coefficient (Wildman–Crippen LogP) is 3.51. The molecule has 0 spiro atoms. The number of nitrogens with zero attached hydrogens (tertiary/aromatic N) is 2. The van der Waals surface area contributed by atoms with Crippen molar-refractivity contribution in [3.63, 3.8) is 0 Å². The van der Waals surface area contributed by atoms with Crippen molar-refractivity contribution in [2.24, 2.45) is 17.8 Å². The lowest BCUT2D eigenvalue weighted by Crippen LogP contribution is -2.49. The quantitative estimate of drug-likeness (QED) is 0.844. The molecule has 1 aromatic heterocycles. The van der Waals surface area contributed by atoms with Crippen LogP contribution in [-0.2, 0) is 12.0 Å². The first kappa shape index (κ1) is 13.2. The van der Waals surface area contributed by atoms with Crippen LogP contribution in [0.25, 0.3) is 0 Å². The average molecular weight is 291 g/mol. The molecule has 1 aromatic rings. The normalized spacial score (nSPS) is 38.5. The van der Waals surface area contributed by atoms with Crippen molar-refractivity contribution in [1.82, 2.24) is 14.9 Å². The fourth-order valence-electron chi connectivity index (χ4n) is 5.51. The third-order valence-corrected chi connectivity index (χ3v) is 6.53. The van der Waals surface area contributed by atoms with Crippen molar-refractivity contribution >= 4 is 11.5 Å². The summed E-state index contributed by atoms with van der Waals surface area (Å²) in [5.41, 5.74) is 1.79. The lowest BCUT2D eigenvalue weighted by atomic mass is 9.48. The van der Waals surface area contributed by atoms with Gasteiger partial charge in [-0.25, -0.2) is 0 Å². The van der Waals surface area contributed by atoms with E-state index in [4.69, 9.17) is 0 Å². The summed E-state index contributed by atoms with van der Waals surface area (Å²) >= 11 is 1.63. The highest BCUT2D eigenvalue weighted by Gasteiger charge is 2.53. The Hall–Kier alpha value is -0.480. The van der Waals surface area contributed by atoms with Crippen LogP contribution in [0.2, 0.25) is 0 Å². The minimum Gasteiger partial charge on any atom is -0.312 e. The van der Waals surface area contributed by atoms with Crippen molar-refractivity contribution in [2.45, 2.75) is 63.8 Å². The second-order valence-electron chi connectivity index (χ2n) is 7.42. The van der Waals surface area contributed by atoms with Gasteiger partial charge in [0.1, 0.15) is 0 Å². The highest BCUT2D eigenvalue weighted by Crippen LogP contribution is 2.60. The van der Waals surface area contributed by atoms with E-state index in [1.807, 2.05) is 0 Å². The molecule has 0 aliphatic heterocycles. The van der Waals surface area contributed by atoms with Gasteiger partial charge in [0.2, 0.25) is 0 Å². The predicted molar refractivity (Wildman–Crippen MR) is 81.8 cm³/mol. The zero-order valence-electron chi connectivity index (χ0n) is 12.4. The molecule has 4 heteroatoms. The van der Waals surface area contributed by atoms with Gasteiger partial charge in [0.15, 0.2) is 0 Å². The fraction of sp³-hybridized carbons (Fsp3) is 0.875. The van der Waals surface area contributed by atoms with Crippen molar-refractivity contribution in [3.8, 4) is 0 Å². The van der Waals surface area contributed by atoms with Gasteiger partial charge in [-0.3, -0.25) is 0 Å². The summed E-state index contributed by atoms with van der Waals surface area (Å²) in [4.78, 5) is 1.42. The molecule has 3 nitrogen and oxygen atoms in total. The molecule has 110 valence electrons. The van der Waals surface area contributed by atoms with Gasteiger partial charge in [0.05, 0.1) is 10.6 Å². The van der Waals surface area contributed by atoms with Crippen molar-refractivity contribution < 1.29 is 0 Å². The van der Waals surface area contributed by atoms with E-state index in [0.717, 1.165) is 30.8 Å². The number of aromatic nitrogens is 2. The van der Waals surface area contributed by atoms with E-state index in [1.54, 1.807) is 11.5 Å². The molecule has 0 amide bonds. The van der Waals surface area contributed by atoms with Gasteiger partial charge >= 0.3 is 0 Å². The Morgan fingerprint density at radius 2 is 1.80 bits per heavy atom. The molecule has 0 aromatic carbocycles. The highest BCUT2D eigenvalue weighted by atomic mass is 32.1. The number of hydrogen-bond acceptors (Lipinski definition) is 4. The van der Waals surface area contributed by atoms with Gasteiger partial charge in [-0.1, -0.05) is 11.4 Å². The molecule has 1 heterocycles. The van der Waals surface area contributed by atoms with Crippen LogP contribution in [0.4, 0.5) is 0 Å². The van der Waals surface area contributed by atoms with Gasteiger partial charge < -0.3 is 5.32 Å². The van der Waals surface area contributed by atoms with Crippen LogP contribution in [-0.4, -0.2) is 16.1 Å². The zero-order valence-corrected chi connectivity index (χ0v) is 13.2. The second-order valence-corrected chi connectivity index (χ2v) is 8.26. The fourth-order valence-corrected chi connectivity index (χ4v) is 6.24. The summed E-state index contributed by atoms with van der Waals surface area (Å²) in [5, 5.41) is 8.15. The molecule has 4 saturated carbocycles. The summed E-state index contributed by atoms with van der Waals surface area (Å²) in [6, 6.07) is 0. The van der Waals surface area contributed by atoms with E-state index >= 15 is 0 Å². The van der Waals surface area contributed by atoms with Crippen molar-refractivity contribution in [2.75, 3.05) is 6.54 Å². The highest BCUT2D eigenvalue weighted by molar-refractivity contribution is 7.05. The van der Waals surface area contributed by atoms with Gasteiger partial charge in [-0.05, 0) is 80.8 Å². The van der Waals surface area contributed by atoms with E-state index in [2.05, 4.69) is 21.8 Å². The minimum absolute atomic E-state index is 0.408. The number of nitrogens with one attached hydrogen (secondary N) is 1. The maximum atomic E-state index is 4.61. The van der Waals surface area contributed by atoms with Crippen LogP contribution in [0.1, 0.15) is 62.4 Å². The van der Waals surface area contributed by atoms with Gasteiger partial charge in [-0.2, -0.15) is 0 Å². The molecule has 5 rings (SSSR count). The van der Waals surface area contributed by atoms with Crippen LogP contribution >= 0.6 is 11.5 Å². The topological polar surface area (TPSA) is 37.8 Å². The van der Waals surface area contributed by atoms with Crippen LogP contribution in [0.15, 0.2) is 0 Å². The molecule has 0 radical (unpaired) electrons. The molecule has 0 atom stereocenters. The monoisotopic (exact) mass is 291 g/mol. The Bertz CT molecular complexity index is 447. The summed E-state index contributed by atoms with van der Waals surface area (Å²) in [7, 11) is 0. The van der Waals surface area contributed by atoms with Gasteiger partial charge in [-0.15, -0.1) is 5.10 Å². The molecule has 4 aliphatic rings. The van der Waals surface area contributed by atoms with E-state index in [0.29, 0.717) is 5.41 Å². The van der Waals surface area contributed by atoms with Crippen LogP contribution < -0.4 is 5.32 Å². The van der Waals surface area contributed by atoms with Gasteiger partial charge in [0, 0.05) is 12.0 Å². The molecule has 4 bridgehead atoms. The van der Waals surface area contributed by atoms with Gasteiger partial charge in [0.25, 0.3) is 0 Å². The lowest BCUT2D eigenvalue weighted by molar-refractivity contribution is -0.00761. The van der Waals surface area contributed by atoms with E-state index in [-0.39, 0.29) is 0 Å². The Kier molecular flexibility index (Phi) is 3.34. The van der Waals surface area contributed by atoms with Crippen LogP contribution in [0, 0.1) is 17.8 Å².